The van der Waals surface area contributed by atoms with E-state index in [0.29, 0.717) is 37.5 Å². The van der Waals surface area contributed by atoms with E-state index in [0.717, 1.165) is 6.07 Å². The normalized spacial score (nSPS) is 30.3. The van der Waals surface area contributed by atoms with Crippen LogP contribution in [0.25, 0.3) is 0 Å². The first-order valence-electron chi connectivity index (χ1n) is 10.00. The zero-order valence-electron chi connectivity index (χ0n) is 16.5. The first-order chi connectivity index (χ1) is 15.1. The molecule has 4 saturated carbocycles. The van der Waals surface area contributed by atoms with Gasteiger partial charge in [-0.2, -0.15) is 0 Å². The number of alkyl halides is 3. The van der Waals surface area contributed by atoms with E-state index in [9.17, 15) is 22.4 Å². The van der Waals surface area contributed by atoms with Crippen LogP contribution in [0.4, 0.5) is 17.6 Å². The molecule has 2 atom stereocenters. The van der Waals surface area contributed by atoms with Crippen LogP contribution in [-0.4, -0.2) is 41.2 Å². The van der Waals surface area contributed by atoms with Gasteiger partial charge in [0.1, 0.15) is 11.6 Å². The molecule has 0 aliphatic heterocycles. The maximum absolute atomic E-state index is 13.4. The van der Waals surface area contributed by atoms with Gasteiger partial charge >= 0.3 is 6.36 Å². The number of halogens is 5. The van der Waals surface area contributed by atoms with Gasteiger partial charge in [-0.25, -0.2) is 4.39 Å². The van der Waals surface area contributed by atoms with Crippen molar-refractivity contribution >= 4 is 17.5 Å². The van der Waals surface area contributed by atoms with Crippen LogP contribution in [0.1, 0.15) is 43.4 Å². The third-order valence-electron chi connectivity index (χ3n) is 6.29. The number of ether oxygens (including phenoxy) is 2. The Balaban J connectivity index is 1.08. The minimum absolute atomic E-state index is 0.0306. The fourth-order valence-electron chi connectivity index (χ4n) is 4.73. The largest absolute Gasteiger partial charge is 0.522 e. The lowest BCUT2D eigenvalue weighted by Gasteiger charge is -2.68. The zero-order valence-corrected chi connectivity index (χ0v) is 17.3. The third-order valence-corrected chi connectivity index (χ3v) is 6.60. The van der Waals surface area contributed by atoms with Crippen molar-refractivity contribution < 1.29 is 36.2 Å². The molecule has 1 N–H and O–H groups in total. The molecule has 2 bridgehead atoms. The Hall–Kier alpha value is -2.40. The minimum Gasteiger partial charge on any atom is -0.484 e. The maximum atomic E-state index is 13.4. The number of benzene rings is 1. The highest BCUT2D eigenvalue weighted by atomic mass is 35.5. The van der Waals surface area contributed by atoms with Gasteiger partial charge in [0.15, 0.2) is 6.61 Å². The smallest absolute Gasteiger partial charge is 0.484 e. The van der Waals surface area contributed by atoms with E-state index < -0.39 is 18.8 Å². The van der Waals surface area contributed by atoms with Crippen molar-refractivity contribution in [3.05, 3.63) is 40.8 Å². The van der Waals surface area contributed by atoms with Crippen molar-refractivity contribution in [3.63, 3.8) is 0 Å². The summed E-state index contributed by atoms with van der Waals surface area (Å²) < 4.78 is 64.8. The van der Waals surface area contributed by atoms with Crippen LogP contribution in [0.5, 0.6) is 5.75 Å². The summed E-state index contributed by atoms with van der Waals surface area (Å²) in [6.45, 7) is -0.680. The van der Waals surface area contributed by atoms with Gasteiger partial charge in [-0.1, -0.05) is 11.6 Å². The number of hydrogen-bond donors (Lipinski definition) is 1. The molecule has 0 radical (unpaired) electrons. The Morgan fingerprint density at radius 3 is 2.72 bits per heavy atom. The third kappa shape index (κ3) is 4.03. The van der Waals surface area contributed by atoms with Gasteiger partial charge < -0.3 is 14.5 Å². The highest BCUT2D eigenvalue weighted by molar-refractivity contribution is 6.30. The molecular formula is C20H18ClF4N3O4. The van der Waals surface area contributed by atoms with Crippen LogP contribution in [0.2, 0.25) is 5.02 Å². The molecule has 4 aliphatic carbocycles. The van der Waals surface area contributed by atoms with E-state index in [1.807, 2.05) is 0 Å². The summed E-state index contributed by atoms with van der Waals surface area (Å²) >= 11 is 5.61. The summed E-state index contributed by atoms with van der Waals surface area (Å²) in [6.07, 6.45) is -2.23. The quantitative estimate of drug-likeness (QED) is 0.583. The molecule has 4 aliphatic rings. The van der Waals surface area contributed by atoms with Gasteiger partial charge in [0.2, 0.25) is 11.8 Å². The predicted molar refractivity (Wildman–Crippen MR) is 100 cm³/mol. The summed E-state index contributed by atoms with van der Waals surface area (Å²) in [5.41, 5.74) is -0.658. The number of carbonyl (C=O) groups excluding carboxylic acids is 1. The first-order valence-corrected chi connectivity index (χ1v) is 10.4. The molecule has 1 amide bonds. The molecule has 2 aromatic rings. The van der Waals surface area contributed by atoms with Crippen LogP contribution in [0.3, 0.4) is 0 Å². The number of nitrogens with zero attached hydrogens (tertiary/aromatic N) is 2. The lowest BCUT2D eigenvalue weighted by atomic mass is 9.39. The minimum atomic E-state index is -4.65. The molecule has 6 rings (SSSR count). The van der Waals surface area contributed by atoms with Crippen molar-refractivity contribution in [2.45, 2.75) is 48.9 Å². The summed E-state index contributed by atoms with van der Waals surface area (Å²) in [5.74, 6) is -0.456. The number of nitrogens with one attached hydrogen (secondary N) is 1. The molecule has 1 aromatic heterocycles. The summed E-state index contributed by atoms with van der Waals surface area (Å²) in [7, 11) is 0. The summed E-state index contributed by atoms with van der Waals surface area (Å²) in [6, 6.07) is 3.93. The van der Waals surface area contributed by atoms with Crippen molar-refractivity contribution in [2.75, 3.05) is 13.2 Å². The lowest BCUT2D eigenvalue weighted by molar-refractivity contribution is -0.326. The highest BCUT2D eigenvalue weighted by Crippen LogP contribution is 2.67. The van der Waals surface area contributed by atoms with E-state index >= 15 is 0 Å². The Kier molecular flexibility index (Phi) is 4.90. The van der Waals surface area contributed by atoms with Gasteiger partial charge in [-0.15, -0.1) is 23.4 Å². The van der Waals surface area contributed by atoms with Crippen LogP contribution < -0.4 is 10.1 Å². The van der Waals surface area contributed by atoms with E-state index in [1.54, 1.807) is 0 Å². The molecule has 1 heterocycles. The predicted octanol–water partition coefficient (Wildman–Crippen LogP) is 3.87. The van der Waals surface area contributed by atoms with Crippen LogP contribution in [0.15, 0.2) is 22.6 Å². The van der Waals surface area contributed by atoms with E-state index in [4.69, 9.17) is 20.8 Å². The van der Waals surface area contributed by atoms with Gasteiger partial charge in [0.25, 0.3) is 5.91 Å². The zero-order chi connectivity index (χ0) is 22.7. The molecule has 0 unspecified atom stereocenters. The second-order valence-corrected chi connectivity index (χ2v) is 9.22. The highest BCUT2D eigenvalue weighted by Gasteiger charge is 2.72. The monoisotopic (exact) mass is 475 g/mol. The summed E-state index contributed by atoms with van der Waals surface area (Å²) in [5, 5.41) is 11.0. The fourth-order valence-corrected chi connectivity index (χ4v) is 4.85. The number of rotatable bonds is 8. The molecule has 7 nitrogen and oxygen atoms in total. The average Bonchev–Trinajstić information content (AvgIpc) is 3.29. The Morgan fingerprint density at radius 2 is 2.03 bits per heavy atom. The Bertz CT molecular complexity index is 1040. The average molecular weight is 476 g/mol. The molecule has 172 valence electrons. The molecule has 1 aromatic carbocycles. The van der Waals surface area contributed by atoms with Gasteiger partial charge in [0.05, 0.1) is 17.0 Å². The van der Waals surface area contributed by atoms with Gasteiger partial charge in [-0.3, -0.25) is 9.53 Å². The van der Waals surface area contributed by atoms with Crippen molar-refractivity contribution in [1.82, 2.24) is 15.5 Å². The van der Waals surface area contributed by atoms with Crippen LogP contribution in [-0.2, 0) is 14.9 Å². The topological polar surface area (TPSA) is 86.5 Å². The van der Waals surface area contributed by atoms with Crippen LogP contribution in [0, 0.1) is 11.7 Å². The van der Waals surface area contributed by atoms with E-state index in [2.05, 4.69) is 20.3 Å². The second-order valence-electron chi connectivity index (χ2n) is 8.81. The van der Waals surface area contributed by atoms with Gasteiger partial charge in [-0.05, 0) is 43.7 Å². The van der Waals surface area contributed by atoms with Crippen molar-refractivity contribution in [1.29, 1.82) is 0 Å². The van der Waals surface area contributed by atoms with Crippen LogP contribution >= 0.6 is 11.6 Å². The van der Waals surface area contributed by atoms with E-state index in [-0.39, 0.29) is 46.1 Å². The maximum Gasteiger partial charge on any atom is 0.522 e. The number of amides is 1. The summed E-state index contributed by atoms with van der Waals surface area (Å²) in [4.78, 5) is 12.2. The standard InChI is InChI=1S/C20H18ClF4N3O4/c21-13-2-1-11(4-14(13)22)30-6-15(29)26-19-7-18(8-19,9-19)17-28-27-16(32-17)12-3-10(12)5-31-20(23,24)25/h1-2,4,10,12H,3,5-9H2,(H,26,29)/t10-,12+,18?,19?/m0/s1. The molecule has 0 saturated heterocycles. The molecule has 32 heavy (non-hydrogen) atoms. The first kappa shape index (κ1) is 21.4. The Morgan fingerprint density at radius 1 is 1.28 bits per heavy atom. The fraction of sp³-hybridized carbons (Fsp3) is 0.550. The molecule has 4 fully saturated rings. The molecular weight excluding hydrogens is 458 g/mol. The van der Waals surface area contributed by atoms with Gasteiger partial charge in [0, 0.05) is 17.5 Å². The van der Waals surface area contributed by atoms with Crippen molar-refractivity contribution in [2.24, 2.45) is 5.92 Å². The second kappa shape index (κ2) is 7.31. The Labute approximate surface area is 184 Å². The SMILES string of the molecule is O=C(COc1ccc(Cl)c(F)c1)NC12CC(c3nnc([C@@H]4C[C@H]4COC(F)(F)F)o3)(C1)C2. The number of aromatic nitrogens is 2. The number of hydrogen-bond acceptors (Lipinski definition) is 6. The number of carbonyl (C=O) groups is 1. The molecule has 12 heteroatoms. The molecule has 0 spiro atoms. The lowest BCUT2D eigenvalue weighted by Crippen LogP contribution is -2.77. The van der Waals surface area contributed by atoms with E-state index in [1.165, 1.54) is 12.1 Å². The van der Waals surface area contributed by atoms with Crippen molar-refractivity contribution in [3.8, 4) is 5.75 Å².